The minimum absolute atomic E-state index is 0.245. The van der Waals surface area contributed by atoms with Gasteiger partial charge in [0.1, 0.15) is 5.92 Å². The summed E-state index contributed by atoms with van der Waals surface area (Å²) < 4.78 is 0. The Morgan fingerprint density at radius 2 is 1.59 bits per heavy atom. The average Bonchev–Trinajstić information content (AvgIpc) is 3.26. The number of para-hydroxylation sites is 1. The second kappa shape index (κ2) is 6.83. The van der Waals surface area contributed by atoms with E-state index in [1.807, 2.05) is 67.6 Å². The normalized spacial score (nSPS) is 23.6. The fraction of sp³-hybridized carbons (Fsp3) is 0.174. The number of imide groups is 1. The van der Waals surface area contributed by atoms with E-state index in [0.29, 0.717) is 5.69 Å². The highest BCUT2D eigenvalue weighted by atomic mass is 16.7. The minimum Gasteiger partial charge on any atom is -0.273 e. The van der Waals surface area contributed by atoms with Crippen molar-refractivity contribution in [1.82, 2.24) is 4.98 Å². The average molecular weight is 385 g/mol. The molecule has 2 aliphatic rings. The summed E-state index contributed by atoms with van der Waals surface area (Å²) in [5, 5.41) is 1.69. The van der Waals surface area contributed by atoms with Crippen LogP contribution in [0.5, 0.6) is 0 Å². The summed E-state index contributed by atoms with van der Waals surface area (Å²) in [6, 6.07) is 20.2. The molecule has 6 nitrogen and oxygen atoms in total. The number of amides is 2. The van der Waals surface area contributed by atoms with Crippen LogP contribution in [0.1, 0.15) is 17.2 Å². The van der Waals surface area contributed by atoms with Gasteiger partial charge in [0.25, 0.3) is 5.91 Å². The zero-order chi connectivity index (χ0) is 20.0. The lowest BCUT2D eigenvalue weighted by Crippen LogP contribution is -2.37. The highest BCUT2D eigenvalue weighted by Gasteiger charge is 2.60. The van der Waals surface area contributed by atoms with E-state index < -0.39 is 18.1 Å². The van der Waals surface area contributed by atoms with E-state index in [2.05, 4.69) is 4.98 Å². The van der Waals surface area contributed by atoms with Gasteiger partial charge in [-0.05, 0) is 54.4 Å². The van der Waals surface area contributed by atoms with Crippen LogP contribution in [0.2, 0.25) is 0 Å². The van der Waals surface area contributed by atoms with Gasteiger partial charge >= 0.3 is 0 Å². The molecule has 6 heteroatoms. The largest absolute Gasteiger partial charge is 0.273 e. The number of hydrogen-bond donors (Lipinski definition) is 0. The molecule has 2 fully saturated rings. The molecule has 0 radical (unpaired) electrons. The predicted octanol–water partition coefficient (Wildman–Crippen LogP) is 3.44. The molecule has 29 heavy (non-hydrogen) atoms. The number of aromatic nitrogens is 1. The van der Waals surface area contributed by atoms with Crippen molar-refractivity contribution in [3.05, 3.63) is 90.3 Å². The Hall–Kier alpha value is -3.51. The van der Waals surface area contributed by atoms with Crippen molar-refractivity contribution in [2.24, 2.45) is 5.92 Å². The van der Waals surface area contributed by atoms with E-state index >= 15 is 0 Å². The number of rotatable bonds is 3. The van der Waals surface area contributed by atoms with Gasteiger partial charge in [0, 0.05) is 12.4 Å². The first kappa shape index (κ1) is 17.6. The summed E-state index contributed by atoms with van der Waals surface area (Å²) in [6.45, 7) is 1.93. The molecule has 144 valence electrons. The third-order valence-electron chi connectivity index (χ3n) is 5.43. The Kier molecular flexibility index (Phi) is 4.14. The van der Waals surface area contributed by atoms with Gasteiger partial charge in [0.05, 0.1) is 17.4 Å². The maximum absolute atomic E-state index is 13.5. The van der Waals surface area contributed by atoms with Crippen LogP contribution in [0.3, 0.4) is 0 Å². The predicted molar refractivity (Wildman–Crippen MR) is 108 cm³/mol. The lowest BCUT2D eigenvalue weighted by molar-refractivity contribution is -0.126. The Morgan fingerprint density at radius 1 is 0.862 bits per heavy atom. The van der Waals surface area contributed by atoms with Gasteiger partial charge < -0.3 is 0 Å². The van der Waals surface area contributed by atoms with E-state index in [0.717, 1.165) is 16.8 Å². The van der Waals surface area contributed by atoms with Crippen LogP contribution < -0.4 is 9.96 Å². The van der Waals surface area contributed by atoms with Crippen molar-refractivity contribution in [1.29, 1.82) is 0 Å². The number of hydroxylamine groups is 1. The highest BCUT2D eigenvalue weighted by Crippen LogP contribution is 2.47. The molecule has 0 N–H and O–H groups in total. The number of pyridine rings is 1. The molecular formula is C23H19N3O3. The molecule has 2 aliphatic heterocycles. The molecule has 1 aromatic heterocycles. The summed E-state index contributed by atoms with van der Waals surface area (Å²) in [5.74, 6) is -1.21. The lowest BCUT2D eigenvalue weighted by atomic mass is 9.91. The smallest absolute Gasteiger partial charge is 0.266 e. The third-order valence-corrected chi connectivity index (χ3v) is 5.43. The van der Waals surface area contributed by atoms with Crippen molar-refractivity contribution in [2.75, 3.05) is 9.96 Å². The van der Waals surface area contributed by atoms with Gasteiger partial charge in [0.2, 0.25) is 5.91 Å². The number of nitrogens with zero attached hydrogens (tertiary/aromatic N) is 3. The summed E-state index contributed by atoms with van der Waals surface area (Å²) in [7, 11) is 0. The van der Waals surface area contributed by atoms with Crippen LogP contribution in [-0.4, -0.2) is 22.9 Å². The monoisotopic (exact) mass is 385 g/mol. The molecule has 0 unspecified atom stereocenters. The number of benzene rings is 2. The number of carbonyl (C=O) groups excluding carboxylic acids is 2. The van der Waals surface area contributed by atoms with E-state index in [1.165, 1.54) is 4.90 Å². The topological polar surface area (TPSA) is 62.7 Å². The Bertz CT molecular complexity index is 1070. The summed E-state index contributed by atoms with van der Waals surface area (Å²) in [5.41, 5.74) is 3.24. The summed E-state index contributed by atoms with van der Waals surface area (Å²) in [6.07, 6.45) is 2.51. The van der Waals surface area contributed by atoms with Gasteiger partial charge in [0.15, 0.2) is 6.10 Å². The van der Waals surface area contributed by atoms with Crippen LogP contribution in [0.25, 0.3) is 0 Å². The maximum atomic E-state index is 13.5. The van der Waals surface area contributed by atoms with Crippen molar-refractivity contribution in [3.8, 4) is 0 Å². The van der Waals surface area contributed by atoms with Gasteiger partial charge in [-0.1, -0.05) is 30.3 Å². The quantitative estimate of drug-likeness (QED) is 0.647. The number of hydrogen-bond acceptors (Lipinski definition) is 5. The van der Waals surface area contributed by atoms with Crippen molar-refractivity contribution in [2.45, 2.75) is 19.1 Å². The van der Waals surface area contributed by atoms with Crippen LogP contribution >= 0.6 is 0 Å². The molecule has 0 aliphatic carbocycles. The molecule has 3 aromatic rings. The minimum atomic E-state index is -0.860. The first-order valence-corrected chi connectivity index (χ1v) is 9.50. The van der Waals surface area contributed by atoms with Gasteiger partial charge in [-0.15, -0.1) is 0 Å². The van der Waals surface area contributed by atoms with Crippen LogP contribution in [0.4, 0.5) is 11.4 Å². The summed E-state index contributed by atoms with van der Waals surface area (Å²) in [4.78, 5) is 38.1. The second-order valence-electron chi connectivity index (χ2n) is 7.29. The number of fused-ring (bicyclic) bond motifs is 1. The van der Waals surface area contributed by atoms with Crippen molar-refractivity contribution >= 4 is 23.2 Å². The van der Waals surface area contributed by atoms with E-state index in [9.17, 15) is 9.59 Å². The highest BCUT2D eigenvalue weighted by molar-refractivity contribution is 6.23. The first-order valence-electron chi connectivity index (χ1n) is 9.50. The van der Waals surface area contributed by atoms with Crippen molar-refractivity contribution in [3.63, 3.8) is 0 Å². The Balaban J connectivity index is 1.59. The molecule has 3 atom stereocenters. The van der Waals surface area contributed by atoms with Crippen LogP contribution in [-0.2, 0) is 14.4 Å². The Morgan fingerprint density at radius 3 is 2.31 bits per heavy atom. The fourth-order valence-corrected chi connectivity index (χ4v) is 4.13. The first-order chi connectivity index (χ1) is 14.1. The van der Waals surface area contributed by atoms with E-state index in [4.69, 9.17) is 4.84 Å². The lowest BCUT2D eigenvalue weighted by Gasteiger charge is -2.28. The standard InChI is InChI=1S/C23H19N3O3/c1-15-6-5-9-18(14-15)25-22(27)19-20(16-10-12-24-13-11-16)26(29-21(19)23(25)28)17-7-3-2-4-8-17/h2-14,19-21H,1H3/t19-,20+,21+/m0/s1. The molecule has 0 spiro atoms. The SMILES string of the molecule is Cc1cccc(N2C(=O)[C@H]3[C@@H](c4ccncc4)N(c4ccccc4)O[C@H]3C2=O)c1. The number of anilines is 2. The van der Waals surface area contributed by atoms with E-state index in [-0.39, 0.29) is 11.8 Å². The summed E-state index contributed by atoms with van der Waals surface area (Å²) >= 11 is 0. The molecule has 3 heterocycles. The molecule has 2 aromatic carbocycles. The fourth-order valence-electron chi connectivity index (χ4n) is 4.13. The van der Waals surface area contributed by atoms with Gasteiger partial charge in [-0.25, -0.2) is 9.96 Å². The molecular weight excluding hydrogens is 366 g/mol. The molecule has 0 saturated carbocycles. The van der Waals surface area contributed by atoms with Crippen LogP contribution in [0, 0.1) is 12.8 Å². The van der Waals surface area contributed by atoms with Crippen LogP contribution in [0.15, 0.2) is 79.1 Å². The second-order valence-corrected chi connectivity index (χ2v) is 7.29. The maximum Gasteiger partial charge on any atom is 0.266 e. The Labute approximate surface area is 168 Å². The van der Waals surface area contributed by atoms with Gasteiger partial charge in [-0.2, -0.15) is 0 Å². The molecule has 2 saturated heterocycles. The molecule has 5 rings (SSSR count). The molecule has 2 amide bonds. The third kappa shape index (κ3) is 2.80. The zero-order valence-corrected chi connectivity index (χ0v) is 15.8. The van der Waals surface area contributed by atoms with E-state index in [1.54, 1.807) is 23.5 Å². The van der Waals surface area contributed by atoms with Crippen molar-refractivity contribution < 1.29 is 14.4 Å². The zero-order valence-electron chi connectivity index (χ0n) is 15.8. The molecule has 0 bridgehead atoms. The number of carbonyl (C=O) groups is 2. The van der Waals surface area contributed by atoms with Gasteiger partial charge in [-0.3, -0.25) is 19.4 Å². The number of aryl methyl sites for hydroxylation is 1.